The maximum atomic E-state index is 12.9. The lowest BCUT2D eigenvalue weighted by Crippen LogP contribution is -2.14. The number of rotatable bonds is 5. The number of carbonyl (C=O) groups is 1. The van der Waals surface area contributed by atoms with Gasteiger partial charge in [0.05, 0.1) is 16.8 Å². The van der Waals surface area contributed by atoms with Gasteiger partial charge in [0.15, 0.2) is 5.16 Å². The fourth-order valence-electron chi connectivity index (χ4n) is 2.77. The molecule has 5 nitrogen and oxygen atoms in total. The van der Waals surface area contributed by atoms with Crippen LogP contribution in [0.15, 0.2) is 53.8 Å². The number of carboxylic acids is 1. The summed E-state index contributed by atoms with van der Waals surface area (Å²) in [6.45, 7) is -0.0625. The molecular weight excluding hydrogens is 503 g/mol. The second-order valence-corrected chi connectivity index (χ2v) is 7.65. The molecule has 1 aromatic heterocycles. The minimum Gasteiger partial charge on any atom is -0.478 e. The summed E-state index contributed by atoms with van der Waals surface area (Å²) in [6, 6.07) is 7.03. The van der Waals surface area contributed by atoms with Crippen molar-refractivity contribution in [1.29, 1.82) is 0 Å². The first-order valence-electron chi connectivity index (χ1n) is 9.59. The summed E-state index contributed by atoms with van der Waals surface area (Å²) >= 11 is 1.31. The molecule has 0 saturated carbocycles. The minimum absolute atomic E-state index is 0.000548. The van der Waals surface area contributed by atoms with Gasteiger partial charge < -0.3 is 10.4 Å². The third kappa shape index (κ3) is 7.92. The van der Waals surface area contributed by atoms with Gasteiger partial charge in [-0.1, -0.05) is 11.8 Å². The Morgan fingerprint density at radius 2 is 1.54 bits per heavy atom. The molecule has 0 fully saturated rings. The van der Waals surface area contributed by atoms with Crippen molar-refractivity contribution in [1.82, 2.24) is 15.3 Å². The van der Waals surface area contributed by atoms with Crippen LogP contribution in [-0.2, 0) is 18.9 Å². The summed E-state index contributed by atoms with van der Waals surface area (Å²) < 4.78 is 87.2. The van der Waals surface area contributed by atoms with Crippen molar-refractivity contribution in [2.24, 2.45) is 0 Å². The van der Waals surface area contributed by atoms with E-state index in [0.29, 0.717) is 28.5 Å². The summed E-state index contributed by atoms with van der Waals surface area (Å²) in [6.07, 6.45) is -6.52. The van der Waals surface area contributed by atoms with Gasteiger partial charge in [-0.2, -0.15) is 26.3 Å². The lowest BCUT2D eigenvalue weighted by atomic mass is 10.0. The second kappa shape index (κ2) is 11.5. The van der Waals surface area contributed by atoms with Gasteiger partial charge >= 0.3 is 18.3 Å². The van der Waals surface area contributed by atoms with E-state index in [2.05, 4.69) is 15.3 Å². The van der Waals surface area contributed by atoms with Crippen molar-refractivity contribution in [3.63, 3.8) is 0 Å². The lowest BCUT2D eigenvalue weighted by molar-refractivity contribution is -0.143. The van der Waals surface area contributed by atoms with Crippen LogP contribution in [0.1, 0.15) is 27.0 Å². The number of hydrogen-bond acceptors (Lipinski definition) is 5. The van der Waals surface area contributed by atoms with Gasteiger partial charge in [0.1, 0.15) is 11.4 Å². The fourth-order valence-corrected chi connectivity index (χ4v) is 3.11. The predicted octanol–water partition coefficient (Wildman–Crippen LogP) is 6.15. The van der Waals surface area contributed by atoms with E-state index in [1.165, 1.54) is 49.3 Å². The molecule has 0 aliphatic carbocycles. The Hall–Kier alpha value is -3.19. The van der Waals surface area contributed by atoms with Gasteiger partial charge in [0, 0.05) is 18.3 Å². The third-order valence-electron chi connectivity index (χ3n) is 4.33. The first-order valence-corrected chi connectivity index (χ1v) is 10.8. The van der Waals surface area contributed by atoms with E-state index in [9.17, 15) is 35.5 Å². The Balaban J connectivity index is 0.000000247. The molecule has 0 spiro atoms. The highest BCUT2D eigenvalue weighted by Gasteiger charge is 2.36. The quantitative estimate of drug-likeness (QED) is 0.239. The molecule has 0 atom stereocenters. The average Bonchev–Trinajstić information content (AvgIpc) is 2.78. The summed E-state index contributed by atoms with van der Waals surface area (Å²) in [4.78, 5) is 19.2. The molecule has 0 saturated heterocycles. The van der Waals surface area contributed by atoms with Crippen LogP contribution in [0.5, 0.6) is 0 Å². The molecule has 13 heteroatoms. The van der Waals surface area contributed by atoms with E-state index >= 15 is 0 Å². The number of aromatic nitrogens is 2. The molecule has 3 rings (SSSR count). The topological polar surface area (TPSA) is 75.1 Å². The lowest BCUT2D eigenvalue weighted by Gasteiger charge is -2.13. The van der Waals surface area contributed by atoms with E-state index < -0.39 is 29.4 Å². The van der Waals surface area contributed by atoms with Crippen molar-refractivity contribution in [2.45, 2.75) is 24.1 Å². The number of hydrogen-bond donors (Lipinski definition) is 2. The maximum absolute atomic E-state index is 12.9. The third-order valence-corrected chi connectivity index (χ3v) is 4.89. The van der Waals surface area contributed by atoms with Gasteiger partial charge in [-0.15, -0.1) is 0 Å². The van der Waals surface area contributed by atoms with E-state index in [4.69, 9.17) is 5.11 Å². The molecule has 0 amide bonds. The molecule has 0 unspecified atom stereocenters. The fraction of sp³-hybridized carbons (Fsp3) is 0.227. The summed E-state index contributed by atoms with van der Waals surface area (Å²) in [5, 5.41) is 12.1. The van der Waals surface area contributed by atoms with Gasteiger partial charge in [0.2, 0.25) is 0 Å². The van der Waals surface area contributed by atoms with Crippen molar-refractivity contribution >= 4 is 17.7 Å². The number of nitrogens with one attached hydrogen (secondary N) is 1. The summed E-state index contributed by atoms with van der Waals surface area (Å²) in [5.74, 6) is -1.49. The van der Waals surface area contributed by atoms with Crippen LogP contribution in [0.3, 0.4) is 0 Å². The normalized spacial score (nSPS) is 11.6. The SMILES string of the molecule is CNCc1cc(C(F)(F)F)cc(C(F)(F)F)c1.CSc1ncc(C(=O)O)c(-c2ccc(F)cc2)n1. The number of benzene rings is 2. The average molecular weight is 521 g/mol. The highest BCUT2D eigenvalue weighted by molar-refractivity contribution is 7.98. The molecule has 3 aromatic rings. The summed E-state index contributed by atoms with van der Waals surface area (Å²) in [5.41, 5.74) is -1.81. The van der Waals surface area contributed by atoms with Gasteiger partial charge in [-0.05, 0) is 61.3 Å². The number of alkyl halides is 6. The maximum Gasteiger partial charge on any atom is 0.416 e. The van der Waals surface area contributed by atoms with Crippen LogP contribution < -0.4 is 5.32 Å². The number of aromatic carboxylic acids is 1. The zero-order chi connectivity index (χ0) is 26.4. The monoisotopic (exact) mass is 521 g/mol. The molecule has 0 aliphatic heterocycles. The highest BCUT2D eigenvalue weighted by Crippen LogP contribution is 2.36. The Labute approximate surface area is 199 Å². The molecule has 2 aromatic carbocycles. The molecule has 0 bridgehead atoms. The number of carboxylic acid groups (broad SMARTS) is 1. The van der Waals surface area contributed by atoms with Crippen LogP contribution in [-0.4, -0.2) is 34.3 Å². The first kappa shape index (κ1) is 28.1. The zero-order valence-electron chi connectivity index (χ0n) is 18.1. The molecule has 0 radical (unpaired) electrons. The molecule has 35 heavy (non-hydrogen) atoms. The van der Waals surface area contributed by atoms with Crippen LogP contribution in [0.4, 0.5) is 30.7 Å². The largest absolute Gasteiger partial charge is 0.478 e. The second-order valence-electron chi connectivity index (χ2n) is 6.88. The van der Waals surface area contributed by atoms with Crippen LogP contribution in [0.25, 0.3) is 11.3 Å². The van der Waals surface area contributed by atoms with E-state index in [0.717, 1.165) is 0 Å². The van der Waals surface area contributed by atoms with E-state index in [1.807, 2.05) is 0 Å². The molecule has 1 heterocycles. The summed E-state index contributed by atoms with van der Waals surface area (Å²) in [7, 11) is 1.44. The Kier molecular flexibility index (Phi) is 9.21. The van der Waals surface area contributed by atoms with Crippen molar-refractivity contribution in [2.75, 3.05) is 13.3 Å². The van der Waals surface area contributed by atoms with Crippen LogP contribution >= 0.6 is 11.8 Å². The van der Waals surface area contributed by atoms with E-state index in [1.54, 1.807) is 6.26 Å². The van der Waals surface area contributed by atoms with Gasteiger partial charge in [0.25, 0.3) is 0 Å². The van der Waals surface area contributed by atoms with E-state index in [-0.39, 0.29) is 29.6 Å². The number of halogens is 7. The number of nitrogens with zero attached hydrogens (tertiary/aromatic N) is 2. The molecule has 188 valence electrons. The van der Waals surface area contributed by atoms with Gasteiger partial charge in [-0.3, -0.25) is 0 Å². The smallest absolute Gasteiger partial charge is 0.416 e. The van der Waals surface area contributed by atoms with Crippen LogP contribution in [0.2, 0.25) is 0 Å². The standard InChI is InChI=1S/C12H9FN2O2S.C10H9F6N/c1-18-12-14-6-9(11(16)17)10(15-12)7-2-4-8(13)5-3-7;1-17-5-6-2-7(9(11,12)13)4-8(3-6)10(14,15)16/h2-6H,1H3,(H,16,17);2-4,17H,5H2,1H3. The first-order chi connectivity index (χ1) is 16.3. The van der Waals surface area contributed by atoms with Gasteiger partial charge in [-0.25, -0.2) is 19.2 Å². The Morgan fingerprint density at radius 3 is 1.97 bits per heavy atom. The van der Waals surface area contributed by atoms with Crippen molar-refractivity contribution < 1.29 is 40.6 Å². The van der Waals surface area contributed by atoms with Crippen LogP contribution in [0, 0.1) is 5.82 Å². The Morgan fingerprint density at radius 1 is 1.00 bits per heavy atom. The van der Waals surface area contributed by atoms with Crippen molar-refractivity contribution in [3.05, 3.63) is 76.7 Å². The predicted molar refractivity (Wildman–Crippen MR) is 115 cm³/mol. The Bertz CT molecular complexity index is 1130. The minimum atomic E-state index is -4.79. The zero-order valence-corrected chi connectivity index (χ0v) is 18.9. The highest BCUT2D eigenvalue weighted by atomic mass is 32.2. The molecular formula is C22H18F7N3O2S. The molecule has 0 aliphatic rings. The molecule has 2 N–H and O–H groups in total. The number of thioether (sulfide) groups is 1. The van der Waals surface area contributed by atoms with Crippen molar-refractivity contribution in [3.8, 4) is 11.3 Å².